The van der Waals surface area contributed by atoms with Gasteiger partial charge in [0.15, 0.2) is 0 Å². The van der Waals surface area contributed by atoms with Crippen molar-refractivity contribution in [2.45, 2.75) is 25.2 Å². The van der Waals surface area contributed by atoms with Crippen LogP contribution in [-0.2, 0) is 4.79 Å². The highest BCUT2D eigenvalue weighted by molar-refractivity contribution is 14.1. The average Bonchev–Trinajstić information content (AvgIpc) is 2.49. The molecular formula is C16H17IN2O2. The van der Waals surface area contributed by atoms with Gasteiger partial charge in [0.1, 0.15) is 0 Å². The van der Waals surface area contributed by atoms with Crippen LogP contribution in [0.1, 0.15) is 46.7 Å². The highest BCUT2D eigenvalue weighted by Crippen LogP contribution is 2.39. The summed E-state index contributed by atoms with van der Waals surface area (Å²) in [5.41, 5.74) is 8.99. The first-order valence-electron chi connectivity index (χ1n) is 7.15. The lowest BCUT2D eigenvalue weighted by atomic mass is 9.79. The first kappa shape index (κ1) is 14.6. The summed E-state index contributed by atoms with van der Waals surface area (Å²) >= 11 is 2.31. The van der Waals surface area contributed by atoms with E-state index in [1.807, 2.05) is 24.3 Å². The molecular weight excluding hydrogens is 379 g/mol. The predicted octanol–water partition coefficient (Wildman–Crippen LogP) is 2.67. The van der Waals surface area contributed by atoms with Crippen LogP contribution in [0, 0.1) is 0 Å². The third-order valence-electron chi connectivity index (χ3n) is 4.14. The molecule has 2 N–H and O–H groups in total. The monoisotopic (exact) mass is 396 g/mol. The van der Waals surface area contributed by atoms with E-state index in [1.165, 1.54) is 4.90 Å². The van der Waals surface area contributed by atoms with Crippen molar-refractivity contribution in [3.63, 3.8) is 0 Å². The van der Waals surface area contributed by atoms with Gasteiger partial charge in [-0.25, -0.2) is 0 Å². The Morgan fingerprint density at radius 2 is 2.00 bits per heavy atom. The summed E-state index contributed by atoms with van der Waals surface area (Å²) in [6.45, 7) is 0.514. The number of halogens is 1. The normalized spacial score (nSPS) is 20.3. The van der Waals surface area contributed by atoms with E-state index in [-0.39, 0.29) is 17.7 Å². The minimum Gasteiger partial charge on any atom is -0.398 e. The van der Waals surface area contributed by atoms with Gasteiger partial charge in [-0.2, -0.15) is 0 Å². The molecule has 1 aromatic rings. The topological polar surface area (TPSA) is 63.4 Å². The number of hydrogen-bond acceptors (Lipinski definition) is 3. The van der Waals surface area contributed by atoms with Gasteiger partial charge in [0, 0.05) is 23.4 Å². The molecule has 1 atom stereocenters. The second-order valence-electron chi connectivity index (χ2n) is 5.41. The molecule has 1 unspecified atom stereocenters. The average molecular weight is 396 g/mol. The van der Waals surface area contributed by atoms with E-state index in [0.29, 0.717) is 24.2 Å². The molecule has 1 aliphatic carbocycles. The van der Waals surface area contributed by atoms with E-state index >= 15 is 0 Å². The van der Waals surface area contributed by atoms with Crippen molar-refractivity contribution in [1.82, 2.24) is 4.90 Å². The standard InChI is InChI=1S/C16H17IN2O2/c17-8-1-2-9-19-15(20)11-5-3-4-10-13(18)7-6-12(14(10)11)16(19)21/h3-5,7,12H,1-2,6,8-9,18H2. The minimum atomic E-state index is -0.249. The summed E-state index contributed by atoms with van der Waals surface area (Å²) in [5.74, 6) is -0.491. The molecule has 5 heteroatoms. The third-order valence-corrected chi connectivity index (χ3v) is 4.91. The van der Waals surface area contributed by atoms with Gasteiger partial charge in [-0.1, -0.05) is 40.8 Å². The number of imide groups is 1. The highest BCUT2D eigenvalue weighted by Gasteiger charge is 2.40. The van der Waals surface area contributed by atoms with Gasteiger partial charge in [-0.3, -0.25) is 14.5 Å². The SMILES string of the molecule is NC1=CCC2C(=O)N(CCCCI)C(=O)c3cccc1c32. The molecule has 0 radical (unpaired) electrons. The van der Waals surface area contributed by atoms with Crippen LogP contribution >= 0.6 is 22.6 Å². The second kappa shape index (κ2) is 5.79. The lowest BCUT2D eigenvalue weighted by molar-refractivity contribution is -0.130. The zero-order valence-electron chi connectivity index (χ0n) is 11.6. The van der Waals surface area contributed by atoms with Crippen LogP contribution < -0.4 is 5.73 Å². The Morgan fingerprint density at radius 1 is 1.24 bits per heavy atom. The molecule has 110 valence electrons. The number of amides is 2. The first-order chi connectivity index (χ1) is 10.1. The van der Waals surface area contributed by atoms with Gasteiger partial charge in [0.25, 0.3) is 5.91 Å². The highest BCUT2D eigenvalue weighted by atomic mass is 127. The van der Waals surface area contributed by atoms with Gasteiger partial charge < -0.3 is 5.73 Å². The van der Waals surface area contributed by atoms with Crippen molar-refractivity contribution in [2.24, 2.45) is 5.73 Å². The largest absolute Gasteiger partial charge is 0.398 e. The molecule has 2 amide bonds. The van der Waals surface area contributed by atoms with Crippen LogP contribution in [0.15, 0.2) is 24.3 Å². The number of nitrogens with two attached hydrogens (primary N) is 1. The Balaban J connectivity index is 2.00. The van der Waals surface area contributed by atoms with Crippen molar-refractivity contribution in [3.8, 4) is 0 Å². The van der Waals surface area contributed by atoms with Crippen LogP contribution in [0.25, 0.3) is 5.70 Å². The zero-order chi connectivity index (χ0) is 15.0. The van der Waals surface area contributed by atoms with Crippen LogP contribution in [0.4, 0.5) is 0 Å². The summed E-state index contributed by atoms with van der Waals surface area (Å²) < 4.78 is 1.04. The van der Waals surface area contributed by atoms with E-state index in [1.54, 1.807) is 0 Å². The number of nitrogens with zero attached hydrogens (tertiary/aromatic N) is 1. The first-order valence-corrected chi connectivity index (χ1v) is 8.68. The van der Waals surface area contributed by atoms with Crippen molar-refractivity contribution < 1.29 is 9.59 Å². The van der Waals surface area contributed by atoms with Crippen molar-refractivity contribution in [1.29, 1.82) is 0 Å². The van der Waals surface area contributed by atoms with E-state index in [4.69, 9.17) is 5.73 Å². The fourth-order valence-electron chi connectivity index (χ4n) is 3.09. The predicted molar refractivity (Wildman–Crippen MR) is 90.1 cm³/mol. The molecule has 1 aliphatic heterocycles. The Bertz CT molecular complexity index is 639. The maximum absolute atomic E-state index is 12.6. The number of carbonyl (C=O) groups is 2. The summed E-state index contributed by atoms with van der Waals surface area (Å²) in [6.07, 6.45) is 4.36. The van der Waals surface area contributed by atoms with Crippen LogP contribution in [0.5, 0.6) is 0 Å². The van der Waals surface area contributed by atoms with E-state index < -0.39 is 0 Å². The smallest absolute Gasteiger partial charge is 0.260 e. The van der Waals surface area contributed by atoms with Gasteiger partial charge in [0.05, 0.1) is 5.92 Å². The Hall–Kier alpha value is -1.37. The summed E-state index contributed by atoms with van der Waals surface area (Å²) in [5, 5.41) is 0. The van der Waals surface area contributed by atoms with E-state index in [0.717, 1.165) is 28.4 Å². The van der Waals surface area contributed by atoms with Gasteiger partial charge in [0.2, 0.25) is 5.91 Å². The van der Waals surface area contributed by atoms with Crippen molar-refractivity contribution >= 4 is 40.1 Å². The third kappa shape index (κ3) is 2.37. The number of hydrogen-bond donors (Lipinski definition) is 1. The Labute approximate surface area is 137 Å². The molecule has 4 nitrogen and oxygen atoms in total. The summed E-state index contributed by atoms with van der Waals surface area (Å²) in [4.78, 5) is 26.7. The quantitative estimate of drug-likeness (QED) is 0.369. The lowest BCUT2D eigenvalue weighted by Crippen LogP contribution is -2.46. The molecule has 0 bridgehead atoms. The van der Waals surface area contributed by atoms with Crippen molar-refractivity contribution in [2.75, 3.05) is 11.0 Å². The Kier molecular flexibility index (Phi) is 4.01. The molecule has 0 saturated carbocycles. The number of carbonyl (C=O) groups excluding carboxylic acids is 2. The molecule has 0 spiro atoms. The van der Waals surface area contributed by atoms with Gasteiger partial charge in [-0.15, -0.1) is 0 Å². The van der Waals surface area contributed by atoms with Crippen molar-refractivity contribution in [3.05, 3.63) is 41.0 Å². The molecule has 3 rings (SSSR count). The zero-order valence-corrected chi connectivity index (χ0v) is 13.8. The number of alkyl halides is 1. The number of allylic oxidation sites excluding steroid dienone is 1. The molecule has 21 heavy (non-hydrogen) atoms. The van der Waals surface area contributed by atoms with Gasteiger partial charge in [-0.05, 0) is 35.3 Å². The summed E-state index contributed by atoms with van der Waals surface area (Å²) in [6, 6.07) is 5.54. The van der Waals surface area contributed by atoms with Gasteiger partial charge >= 0.3 is 0 Å². The second-order valence-corrected chi connectivity index (χ2v) is 6.48. The lowest BCUT2D eigenvalue weighted by Gasteiger charge is -2.35. The maximum Gasteiger partial charge on any atom is 0.260 e. The number of benzene rings is 1. The fourth-order valence-corrected chi connectivity index (χ4v) is 3.62. The molecule has 0 saturated heterocycles. The molecule has 0 fully saturated rings. The van der Waals surface area contributed by atoms with Crippen LogP contribution in [0.3, 0.4) is 0 Å². The number of unbranched alkanes of at least 4 members (excludes halogenated alkanes) is 1. The summed E-state index contributed by atoms with van der Waals surface area (Å²) in [7, 11) is 0. The molecule has 1 aromatic carbocycles. The Morgan fingerprint density at radius 3 is 2.76 bits per heavy atom. The number of rotatable bonds is 4. The fraction of sp³-hybridized carbons (Fsp3) is 0.375. The molecule has 0 aromatic heterocycles. The van der Waals surface area contributed by atoms with E-state index in [9.17, 15) is 9.59 Å². The van der Waals surface area contributed by atoms with Crippen LogP contribution in [-0.4, -0.2) is 27.7 Å². The molecule has 2 aliphatic rings. The van der Waals surface area contributed by atoms with E-state index in [2.05, 4.69) is 22.6 Å². The van der Waals surface area contributed by atoms with Crippen LogP contribution in [0.2, 0.25) is 0 Å². The maximum atomic E-state index is 12.6. The molecule has 1 heterocycles. The minimum absolute atomic E-state index is 0.0721.